The van der Waals surface area contributed by atoms with Crippen molar-refractivity contribution in [2.75, 3.05) is 39.4 Å². The molecule has 3 amide bonds. The Kier molecular flexibility index (Phi) is 7.15. The monoisotopic (exact) mass is 453 g/mol. The lowest BCUT2D eigenvalue weighted by molar-refractivity contribution is 0.0162. The largest absolute Gasteiger partial charge is 0.379 e. The van der Waals surface area contributed by atoms with E-state index in [2.05, 4.69) is 10.2 Å². The SMILES string of the molecule is CCCCN1C(=O)c2ccc(C(=O)NCC(c3cccc(F)c3)N3CCOCC3)cc2C1=O. The minimum Gasteiger partial charge on any atom is -0.379 e. The first-order valence-corrected chi connectivity index (χ1v) is 11.3. The number of morpholine rings is 1. The molecule has 0 radical (unpaired) electrons. The summed E-state index contributed by atoms with van der Waals surface area (Å²) in [6, 6.07) is 10.8. The molecule has 2 heterocycles. The number of rotatable bonds is 8. The van der Waals surface area contributed by atoms with Crippen molar-refractivity contribution >= 4 is 17.7 Å². The van der Waals surface area contributed by atoms with Gasteiger partial charge in [-0.05, 0) is 42.3 Å². The number of benzene rings is 2. The summed E-state index contributed by atoms with van der Waals surface area (Å²) in [5.74, 6) is -1.34. The van der Waals surface area contributed by atoms with E-state index in [-0.39, 0.29) is 41.7 Å². The van der Waals surface area contributed by atoms with Gasteiger partial charge in [-0.2, -0.15) is 0 Å². The molecule has 8 heteroatoms. The van der Waals surface area contributed by atoms with E-state index in [9.17, 15) is 18.8 Å². The molecule has 0 aromatic heterocycles. The minimum atomic E-state index is -0.357. The lowest BCUT2D eigenvalue weighted by Gasteiger charge is -2.35. The summed E-state index contributed by atoms with van der Waals surface area (Å²) in [6.45, 7) is 5.16. The third-order valence-corrected chi connectivity index (χ3v) is 6.14. The molecular formula is C25H28FN3O4. The van der Waals surface area contributed by atoms with E-state index in [1.165, 1.54) is 23.1 Å². The molecule has 1 unspecified atom stereocenters. The van der Waals surface area contributed by atoms with Crippen molar-refractivity contribution in [1.29, 1.82) is 0 Å². The number of imide groups is 1. The second kappa shape index (κ2) is 10.2. The fraction of sp³-hybridized carbons (Fsp3) is 0.400. The number of carbonyl (C=O) groups is 3. The zero-order valence-electron chi connectivity index (χ0n) is 18.7. The number of nitrogens with zero attached hydrogens (tertiary/aromatic N) is 2. The molecule has 2 aromatic carbocycles. The van der Waals surface area contributed by atoms with Crippen LogP contribution in [-0.2, 0) is 4.74 Å². The predicted molar refractivity (Wildman–Crippen MR) is 121 cm³/mol. The third-order valence-electron chi connectivity index (χ3n) is 6.14. The molecule has 0 spiro atoms. The third kappa shape index (κ3) is 4.96. The van der Waals surface area contributed by atoms with Crippen molar-refractivity contribution < 1.29 is 23.5 Å². The summed E-state index contributed by atoms with van der Waals surface area (Å²) in [5, 5.41) is 2.92. The van der Waals surface area contributed by atoms with Gasteiger partial charge in [0.2, 0.25) is 0 Å². The van der Waals surface area contributed by atoms with Gasteiger partial charge in [0.05, 0.1) is 30.4 Å². The highest BCUT2D eigenvalue weighted by molar-refractivity contribution is 6.22. The Morgan fingerprint density at radius 1 is 1.09 bits per heavy atom. The molecule has 33 heavy (non-hydrogen) atoms. The Balaban J connectivity index is 1.49. The Morgan fingerprint density at radius 3 is 2.58 bits per heavy atom. The normalized spacial score (nSPS) is 17.2. The summed E-state index contributed by atoms with van der Waals surface area (Å²) in [5.41, 5.74) is 1.68. The number of amides is 3. The van der Waals surface area contributed by atoms with Crippen molar-refractivity contribution in [2.45, 2.75) is 25.8 Å². The number of unbranched alkanes of at least 4 members (excludes halogenated alkanes) is 1. The minimum absolute atomic E-state index is 0.212. The second-order valence-corrected chi connectivity index (χ2v) is 8.31. The van der Waals surface area contributed by atoms with E-state index >= 15 is 0 Å². The number of halogens is 1. The zero-order valence-corrected chi connectivity index (χ0v) is 18.7. The van der Waals surface area contributed by atoms with Gasteiger partial charge in [0, 0.05) is 31.7 Å². The van der Waals surface area contributed by atoms with Gasteiger partial charge >= 0.3 is 0 Å². The molecule has 0 saturated carbocycles. The lowest BCUT2D eigenvalue weighted by atomic mass is 10.0. The van der Waals surface area contributed by atoms with Crippen LogP contribution in [0.3, 0.4) is 0 Å². The van der Waals surface area contributed by atoms with Crippen LogP contribution in [0.25, 0.3) is 0 Å². The Hall–Kier alpha value is -3.10. The molecule has 1 saturated heterocycles. The molecule has 2 aromatic rings. The van der Waals surface area contributed by atoms with Crippen LogP contribution < -0.4 is 5.32 Å². The highest BCUT2D eigenvalue weighted by Crippen LogP contribution is 2.25. The summed E-state index contributed by atoms with van der Waals surface area (Å²) < 4.78 is 19.3. The zero-order chi connectivity index (χ0) is 23.4. The fourth-order valence-electron chi connectivity index (χ4n) is 4.30. The van der Waals surface area contributed by atoms with Crippen LogP contribution in [0, 0.1) is 5.82 Å². The molecule has 1 N–H and O–H groups in total. The summed E-state index contributed by atoms with van der Waals surface area (Å²) >= 11 is 0. The van der Waals surface area contributed by atoms with Crippen LogP contribution in [0.15, 0.2) is 42.5 Å². The van der Waals surface area contributed by atoms with Crippen LogP contribution in [0.1, 0.15) is 62.4 Å². The van der Waals surface area contributed by atoms with E-state index in [1.807, 2.05) is 13.0 Å². The van der Waals surface area contributed by atoms with Gasteiger partial charge in [-0.3, -0.25) is 24.2 Å². The maximum Gasteiger partial charge on any atom is 0.261 e. The summed E-state index contributed by atoms with van der Waals surface area (Å²) in [7, 11) is 0. The standard InChI is InChI=1S/C25H28FN3O4/c1-2-3-9-29-24(31)20-8-7-18(15-21(20)25(29)32)23(30)27-16-22(28-10-12-33-13-11-28)17-5-4-6-19(26)14-17/h4-8,14-15,22H,2-3,9-13,16H2,1H3,(H,27,30). The quantitative estimate of drug-likeness (QED) is 0.622. The molecule has 1 fully saturated rings. The lowest BCUT2D eigenvalue weighted by Crippen LogP contribution is -2.43. The average molecular weight is 454 g/mol. The number of hydrogen-bond acceptors (Lipinski definition) is 5. The van der Waals surface area contributed by atoms with Gasteiger partial charge in [0.25, 0.3) is 17.7 Å². The molecule has 0 bridgehead atoms. The Labute approximate surface area is 192 Å². The van der Waals surface area contributed by atoms with Crippen LogP contribution in [0.4, 0.5) is 4.39 Å². The van der Waals surface area contributed by atoms with Crippen molar-refractivity contribution in [3.63, 3.8) is 0 Å². The molecule has 174 valence electrons. The fourth-order valence-corrected chi connectivity index (χ4v) is 4.30. The highest BCUT2D eigenvalue weighted by atomic mass is 19.1. The van der Waals surface area contributed by atoms with Crippen molar-refractivity contribution in [3.05, 3.63) is 70.5 Å². The van der Waals surface area contributed by atoms with Crippen LogP contribution in [0.5, 0.6) is 0 Å². The first kappa shape index (κ1) is 23.1. The molecule has 2 aliphatic rings. The first-order chi connectivity index (χ1) is 16.0. The molecule has 2 aliphatic heterocycles. The van der Waals surface area contributed by atoms with Gasteiger partial charge < -0.3 is 10.1 Å². The number of fused-ring (bicyclic) bond motifs is 1. The van der Waals surface area contributed by atoms with Gasteiger partial charge in [0.15, 0.2) is 0 Å². The van der Waals surface area contributed by atoms with Crippen LogP contribution in [0.2, 0.25) is 0 Å². The predicted octanol–water partition coefficient (Wildman–Crippen LogP) is 3.03. The highest BCUT2D eigenvalue weighted by Gasteiger charge is 2.35. The van der Waals surface area contributed by atoms with Gasteiger partial charge in [0.1, 0.15) is 5.82 Å². The smallest absolute Gasteiger partial charge is 0.261 e. The van der Waals surface area contributed by atoms with Crippen LogP contribution in [-0.4, -0.2) is 66.9 Å². The van der Waals surface area contributed by atoms with E-state index in [4.69, 9.17) is 4.74 Å². The van der Waals surface area contributed by atoms with Crippen LogP contribution >= 0.6 is 0 Å². The van der Waals surface area contributed by atoms with Gasteiger partial charge in [-0.15, -0.1) is 0 Å². The van der Waals surface area contributed by atoms with Crippen molar-refractivity contribution in [3.8, 4) is 0 Å². The molecule has 0 aliphatic carbocycles. The number of ether oxygens (including phenoxy) is 1. The van der Waals surface area contributed by atoms with E-state index < -0.39 is 0 Å². The number of nitrogens with one attached hydrogen (secondary N) is 1. The number of carbonyl (C=O) groups excluding carboxylic acids is 3. The second-order valence-electron chi connectivity index (χ2n) is 8.31. The molecule has 1 atom stereocenters. The molecular weight excluding hydrogens is 425 g/mol. The number of hydrogen-bond donors (Lipinski definition) is 1. The summed E-state index contributed by atoms with van der Waals surface area (Å²) in [6.07, 6.45) is 1.61. The molecule has 7 nitrogen and oxygen atoms in total. The maximum atomic E-state index is 13.9. The van der Waals surface area contributed by atoms with E-state index in [0.717, 1.165) is 18.4 Å². The van der Waals surface area contributed by atoms with E-state index in [0.29, 0.717) is 44.0 Å². The first-order valence-electron chi connectivity index (χ1n) is 11.3. The maximum absolute atomic E-state index is 13.9. The van der Waals surface area contributed by atoms with Crippen molar-refractivity contribution in [1.82, 2.24) is 15.1 Å². The van der Waals surface area contributed by atoms with Gasteiger partial charge in [-0.1, -0.05) is 25.5 Å². The average Bonchev–Trinajstić information content (AvgIpc) is 3.07. The van der Waals surface area contributed by atoms with E-state index in [1.54, 1.807) is 18.2 Å². The Bertz CT molecular complexity index is 1050. The molecule has 4 rings (SSSR count). The summed E-state index contributed by atoms with van der Waals surface area (Å²) in [4.78, 5) is 41.6. The topological polar surface area (TPSA) is 79.0 Å². The Morgan fingerprint density at radius 2 is 1.85 bits per heavy atom. The van der Waals surface area contributed by atoms with Crippen molar-refractivity contribution in [2.24, 2.45) is 0 Å². The van der Waals surface area contributed by atoms with Gasteiger partial charge in [-0.25, -0.2) is 4.39 Å².